The molecule has 0 saturated heterocycles. The van der Waals surface area contributed by atoms with Crippen molar-refractivity contribution in [2.24, 2.45) is 0 Å². The standard InChI is InChI=1S/C12H19NOS/c1-12(2,3)15-8-9-5-6-10(13)7-11(9)14-4/h5-7H,8,13H2,1-4H3. The van der Waals surface area contributed by atoms with Gasteiger partial charge in [-0.25, -0.2) is 0 Å². The first-order valence-corrected chi connectivity index (χ1v) is 5.97. The lowest BCUT2D eigenvalue weighted by molar-refractivity contribution is 0.411. The topological polar surface area (TPSA) is 35.2 Å². The number of ether oxygens (including phenoxy) is 1. The first-order valence-electron chi connectivity index (χ1n) is 4.99. The minimum absolute atomic E-state index is 0.270. The molecule has 0 fully saturated rings. The van der Waals surface area contributed by atoms with Crippen molar-refractivity contribution in [1.29, 1.82) is 0 Å². The van der Waals surface area contributed by atoms with Gasteiger partial charge in [-0.2, -0.15) is 11.8 Å². The van der Waals surface area contributed by atoms with E-state index in [0.717, 1.165) is 17.2 Å². The van der Waals surface area contributed by atoms with Crippen LogP contribution in [0.25, 0.3) is 0 Å². The molecule has 0 aliphatic rings. The van der Waals surface area contributed by atoms with E-state index in [-0.39, 0.29) is 4.75 Å². The van der Waals surface area contributed by atoms with Gasteiger partial charge in [-0.1, -0.05) is 26.8 Å². The maximum absolute atomic E-state index is 5.70. The van der Waals surface area contributed by atoms with Gasteiger partial charge in [0, 0.05) is 27.8 Å². The van der Waals surface area contributed by atoms with Gasteiger partial charge in [-0.05, 0) is 6.07 Å². The van der Waals surface area contributed by atoms with Crippen LogP contribution in [-0.4, -0.2) is 11.9 Å². The van der Waals surface area contributed by atoms with E-state index in [1.54, 1.807) is 7.11 Å². The predicted octanol–water partition coefficient (Wildman–Crippen LogP) is 3.31. The summed E-state index contributed by atoms with van der Waals surface area (Å²) in [4.78, 5) is 0. The molecule has 15 heavy (non-hydrogen) atoms. The number of nitrogen functional groups attached to an aromatic ring is 1. The number of hydrogen-bond donors (Lipinski definition) is 1. The Morgan fingerprint density at radius 3 is 2.53 bits per heavy atom. The monoisotopic (exact) mass is 225 g/mol. The van der Waals surface area contributed by atoms with Gasteiger partial charge in [-0.15, -0.1) is 0 Å². The van der Waals surface area contributed by atoms with Gasteiger partial charge < -0.3 is 10.5 Å². The minimum atomic E-state index is 0.270. The fourth-order valence-corrected chi connectivity index (χ4v) is 2.00. The molecule has 1 aromatic rings. The highest BCUT2D eigenvalue weighted by Crippen LogP contribution is 2.31. The molecule has 0 aliphatic heterocycles. The zero-order valence-electron chi connectivity index (χ0n) is 9.83. The highest BCUT2D eigenvalue weighted by molar-refractivity contribution is 7.99. The Balaban J connectivity index is 2.76. The second-order valence-electron chi connectivity index (χ2n) is 4.47. The van der Waals surface area contributed by atoms with Gasteiger partial charge in [-0.3, -0.25) is 0 Å². The van der Waals surface area contributed by atoms with Gasteiger partial charge in [0.1, 0.15) is 5.75 Å². The summed E-state index contributed by atoms with van der Waals surface area (Å²) in [6.07, 6.45) is 0. The Morgan fingerprint density at radius 2 is 2.00 bits per heavy atom. The quantitative estimate of drug-likeness (QED) is 0.802. The number of rotatable bonds is 3. The molecule has 0 amide bonds. The Morgan fingerprint density at radius 1 is 1.33 bits per heavy atom. The van der Waals surface area contributed by atoms with Crippen LogP contribution >= 0.6 is 11.8 Å². The van der Waals surface area contributed by atoms with E-state index in [1.807, 2.05) is 30.0 Å². The molecule has 0 bridgehead atoms. The molecular formula is C12H19NOS. The molecule has 84 valence electrons. The van der Waals surface area contributed by atoms with Crippen molar-refractivity contribution < 1.29 is 4.74 Å². The van der Waals surface area contributed by atoms with Crippen molar-refractivity contribution in [2.75, 3.05) is 12.8 Å². The van der Waals surface area contributed by atoms with Crippen molar-refractivity contribution in [3.63, 3.8) is 0 Å². The summed E-state index contributed by atoms with van der Waals surface area (Å²) < 4.78 is 5.57. The maximum atomic E-state index is 5.70. The molecule has 0 heterocycles. The molecule has 1 rings (SSSR count). The highest BCUT2D eigenvalue weighted by Gasteiger charge is 2.12. The van der Waals surface area contributed by atoms with Gasteiger partial charge in [0.2, 0.25) is 0 Å². The number of thioether (sulfide) groups is 1. The van der Waals surface area contributed by atoms with Gasteiger partial charge >= 0.3 is 0 Å². The molecule has 0 atom stereocenters. The average Bonchev–Trinajstić information content (AvgIpc) is 2.14. The van der Waals surface area contributed by atoms with E-state index >= 15 is 0 Å². The van der Waals surface area contributed by atoms with Crippen molar-refractivity contribution in [3.8, 4) is 5.75 Å². The van der Waals surface area contributed by atoms with Gasteiger partial charge in [0.15, 0.2) is 0 Å². The fraction of sp³-hybridized carbons (Fsp3) is 0.500. The first kappa shape index (κ1) is 12.2. The van der Waals surface area contributed by atoms with Gasteiger partial charge in [0.05, 0.1) is 7.11 Å². The van der Waals surface area contributed by atoms with Gasteiger partial charge in [0.25, 0.3) is 0 Å². The number of anilines is 1. The van der Waals surface area contributed by atoms with Crippen LogP contribution in [0.3, 0.4) is 0 Å². The third-order valence-electron chi connectivity index (χ3n) is 1.97. The Hall–Kier alpha value is -0.830. The van der Waals surface area contributed by atoms with E-state index in [4.69, 9.17) is 10.5 Å². The summed E-state index contributed by atoms with van der Waals surface area (Å²) in [7, 11) is 1.68. The fourth-order valence-electron chi connectivity index (χ4n) is 1.17. The van der Waals surface area contributed by atoms with E-state index in [0.29, 0.717) is 0 Å². The lowest BCUT2D eigenvalue weighted by Crippen LogP contribution is -2.07. The first-order chi connectivity index (χ1) is 6.92. The largest absolute Gasteiger partial charge is 0.496 e. The summed E-state index contributed by atoms with van der Waals surface area (Å²) >= 11 is 1.90. The summed E-state index contributed by atoms with van der Waals surface area (Å²) in [5.74, 6) is 1.83. The number of nitrogens with two attached hydrogens (primary N) is 1. The van der Waals surface area contributed by atoms with E-state index in [1.165, 1.54) is 5.56 Å². The van der Waals surface area contributed by atoms with Crippen molar-refractivity contribution in [3.05, 3.63) is 23.8 Å². The molecule has 0 aromatic heterocycles. The molecular weight excluding hydrogens is 206 g/mol. The third-order valence-corrected chi connectivity index (χ3v) is 3.29. The van der Waals surface area contributed by atoms with E-state index in [9.17, 15) is 0 Å². The summed E-state index contributed by atoms with van der Waals surface area (Å²) in [5.41, 5.74) is 7.65. The lowest BCUT2D eigenvalue weighted by Gasteiger charge is -2.18. The van der Waals surface area contributed by atoms with Crippen LogP contribution in [-0.2, 0) is 5.75 Å². The number of methoxy groups -OCH3 is 1. The molecule has 0 saturated carbocycles. The number of hydrogen-bond acceptors (Lipinski definition) is 3. The zero-order valence-corrected chi connectivity index (χ0v) is 10.6. The maximum Gasteiger partial charge on any atom is 0.124 e. The normalized spacial score (nSPS) is 11.5. The zero-order chi connectivity index (χ0) is 11.5. The summed E-state index contributed by atoms with van der Waals surface area (Å²) in [6, 6.07) is 5.83. The average molecular weight is 225 g/mol. The lowest BCUT2D eigenvalue weighted by atomic mass is 10.2. The van der Waals surface area contributed by atoms with Crippen LogP contribution in [0, 0.1) is 0 Å². The molecule has 1 aromatic carbocycles. The van der Waals surface area contributed by atoms with Crippen molar-refractivity contribution in [1.82, 2.24) is 0 Å². The van der Waals surface area contributed by atoms with Crippen LogP contribution in [0.15, 0.2) is 18.2 Å². The summed E-state index contributed by atoms with van der Waals surface area (Å²) in [6.45, 7) is 6.63. The SMILES string of the molecule is COc1cc(N)ccc1CSC(C)(C)C. The second-order valence-corrected chi connectivity index (χ2v) is 6.27. The Kier molecular flexibility index (Phi) is 3.91. The van der Waals surface area contributed by atoms with Crippen molar-refractivity contribution >= 4 is 17.4 Å². The third kappa shape index (κ3) is 4.04. The number of benzene rings is 1. The molecule has 0 unspecified atom stereocenters. The second kappa shape index (κ2) is 4.79. The van der Waals surface area contributed by atoms with Crippen LogP contribution in [0.1, 0.15) is 26.3 Å². The minimum Gasteiger partial charge on any atom is -0.496 e. The van der Waals surface area contributed by atoms with E-state index < -0.39 is 0 Å². The van der Waals surface area contributed by atoms with Crippen LogP contribution in [0.2, 0.25) is 0 Å². The highest BCUT2D eigenvalue weighted by atomic mass is 32.2. The molecule has 0 aliphatic carbocycles. The van der Waals surface area contributed by atoms with Crippen LogP contribution in [0.4, 0.5) is 5.69 Å². The van der Waals surface area contributed by atoms with Crippen molar-refractivity contribution in [2.45, 2.75) is 31.3 Å². The Labute approximate surface area is 96.2 Å². The predicted molar refractivity (Wildman–Crippen MR) is 68.5 cm³/mol. The molecule has 0 spiro atoms. The Bertz CT molecular complexity index is 331. The van der Waals surface area contributed by atoms with E-state index in [2.05, 4.69) is 20.8 Å². The summed E-state index contributed by atoms with van der Waals surface area (Å²) in [5, 5.41) is 0. The molecule has 0 radical (unpaired) electrons. The molecule has 2 N–H and O–H groups in total. The smallest absolute Gasteiger partial charge is 0.124 e. The molecule has 2 nitrogen and oxygen atoms in total. The van der Waals surface area contributed by atoms with Crippen LogP contribution in [0.5, 0.6) is 5.75 Å². The van der Waals surface area contributed by atoms with Crippen LogP contribution < -0.4 is 10.5 Å². The molecule has 3 heteroatoms.